The molecule has 1 atom stereocenters. The van der Waals surface area contributed by atoms with Crippen molar-refractivity contribution in [2.75, 3.05) is 75.2 Å². The van der Waals surface area contributed by atoms with Crippen LogP contribution in [0.1, 0.15) is 27.7 Å². The van der Waals surface area contributed by atoms with Gasteiger partial charge in [0.15, 0.2) is 0 Å². The van der Waals surface area contributed by atoms with E-state index in [9.17, 15) is 0 Å². The van der Waals surface area contributed by atoms with Crippen LogP contribution in [0, 0.1) is 11.8 Å². The molecule has 2 fully saturated rings. The topological polar surface area (TPSA) is 13.0 Å². The molecule has 4 rings (SSSR count). The summed E-state index contributed by atoms with van der Waals surface area (Å²) in [5.41, 5.74) is 2.73. The molecule has 33 heavy (non-hydrogen) atoms. The van der Waals surface area contributed by atoms with Crippen LogP contribution in [0.2, 0.25) is 0 Å². The van der Waals surface area contributed by atoms with Crippen molar-refractivity contribution in [1.82, 2.24) is 9.80 Å². The maximum atomic E-state index is 2.74. The van der Waals surface area contributed by atoms with E-state index in [2.05, 4.69) is 111 Å². The zero-order valence-electron chi connectivity index (χ0n) is 21.3. The van der Waals surface area contributed by atoms with Crippen molar-refractivity contribution >= 4 is 25.9 Å². The Balaban J connectivity index is 0.000000186. The highest BCUT2D eigenvalue weighted by Crippen LogP contribution is 2.17. The summed E-state index contributed by atoms with van der Waals surface area (Å²) in [5, 5.41) is 1.26. The van der Waals surface area contributed by atoms with Crippen molar-refractivity contribution < 1.29 is 0 Å². The standard InChI is InChI=1S/C14H23N2P.C14H22N2/c1-12(2)11-15-7-9-16(10-8-15)13-3-5-14(17)6-4-13;1-13(2)12-15-8-10-16(11-9-15)14-6-4-3-5-7-14/h3-6,12H,7-11,17H2,1-2H3;3-7,13H,8-12H2,1-2H3. The second-order valence-corrected chi connectivity index (χ2v) is 11.0. The van der Waals surface area contributed by atoms with Gasteiger partial charge in [0.05, 0.1) is 0 Å². The molecule has 182 valence electrons. The predicted octanol–water partition coefficient (Wildman–Crippen LogP) is 4.43. The van der Waals surface area contributed by atoms with E-state index >= 15 is 0 Å². The van der Waals surface area contributed by atoms with Gasteiger partial charge in [-0.3, -0.25) is 9.80 Å². The van der Waals surface area contributed by atoms with Gasteiger partial charge in [-0.25, -0.2) is 0 Å². The van der Waals surface area contributed by atoms with Gasteiger partial charge >= 0.3 is 0 Å². The molecule has 0 N–H and O–H groups in total. The Kier molecular flexibility index (Phi) is 10.5. The number of hydrogen-bond acceptors (Lipinski definition) is 4. The molecule has 0 saturated carbocycles. The summed E-state index contributed by atoms with van der Waals surface area (Å²) >= 11 is 0. The summed E-state index contributed by atoms with van der Waals surface area (Å²) in [6, 6.07) is 19.5. The third kappa shape index (κ3) is 8.92. The molecule has 0 bridgehead atoms. The van der Waals surface area contributed by atoms with Crippen LogP contribution in [0.15, 0.2) is 54.6 Å². The first-order chi connectivity index (χ1) is 15.9. The lowest BCUT2D eigenvalue weighted by Crippen LogP contribution is -2.47. The molecular weight excluding hydrogens is 423 g/mol. The molecule has 0 aromatic heterocycles. The molecule has 0 aliphatic carbocycles. The molecule has 2 aliphatic heterocycles. The third-order valence-corrected chi connectivity index (χ3v) is 6.76. The quantitative estimate of drug-likeness (QED) is 0.582. The van der Waals surface area contributed by atoms with Crippen LogP contribution in [0.25, 0.3) is 0 Å². The fourth-order valence-corrected chi connectivity index (χ4v) is 4.93. The van der Waals surface area contributed by atoms with E-state index in [0.717, 1.165) is 38.0 Å². The van der Waals surface area contributed by atoms with Crippen LogP contribution in [0.3, 0.4) is 0 Å². The SMILES string of the molecule is CC(C)CN1CCN(c2ccc(P)cc2)CC1.CC(C)CN1CCN(c2ccccc2)CC1. The second-order valence-electron chi connectivity index (χ2n) is 10.3. The van der Waals surface area contributed by atoms with Crippen molar-refractivity contribution in [1.29, 1.82) is 0 Å². The number of piperazine rings is 2. The van der Waals surface area contributed by atoms with E-state index in [-0.39, 0.29) is 0 Å². The highest BCUT2D eigenvalue weighted by molar-refractivity contribution is 7.27. The highest BCUT2D eigenvalue weighted by atomic mass is 31.0. The van der Waals surface area contributed by atoms with Gasteiger partial charge in [0.1, 0.15) is 0 Å². The zero-order valence-corrected chi connectivity index (χ0v) is 22.4. The minimum absolute atomic E-state index is 0.776. The Bertz CT molecular complexity index is 777. The Morgan fingerprint density at radius 2 is 0.970 bits per heavy atom. The summed E-state index contributed by atoms with van der Waals surface area (Å²) in [6.07, 6.45) is 0. The van der Waals surface area contributed by atoms with Crippen LogP contribution < -0.4 is 15.1 Å². The van der Waals surface area contributed by atoms with Crippen molar-refractivity contribution in [2.24, 2.45) is 11.8 Å². The highest BCUT2D eigenvalue weighted by Gasteiger charge is 2.18. The molecule has 0 radical (unpaired) electrons. The number of anilines is 2. The lowest BCUT2D eigenvalue weighted by molar-refractivity contribution is 0.231. The Morgan fingerprint density at radius 3 is 1.36 bits per heavy atom. The molecule has 2 aromatic rings. The van der Waals surface area contributed by atoms with E-state index in [1.807, 2.05) is 0 Å². The summed E-state index contributed by atoms with van der Waals surface area (Å²) in [4.78, 5) is 10.1. The van der Waals surface area contributed by atoms with Crippen LogP contribution >= 0.6 is 9.24 Å². The summed E-state index contributed by atoms with van der Waals surface area (Å²) in [7, 11) is 2.74. The molecule has 0 spiro atoms. The number of nitrogens with zero attached hydrogens (tertiary/aromatic N) is 4. The Labute approximate surface area is 205 Å². The molecule has 1 unspecified atom stereocenters. The average Bonchev–Trinajstić information content (AvgIpc) is 2.81. The number of rotatable bonds is 6. The number of hydrogen-bond donors (Lipinski definition) is 0. The first-order valence-electron chi connectivity index (χ1n) is 12.8. The largest absolute Gasteiger partial charge is 0.369 e. The smallest absolute Gasteiger partial charge is 0.0367 e. The molecule has 2 saturated heterocycles. The Morgan fingerprint density at radius 1 is 0.576 bits per heavy atom. The van der Waals surface area contributed by atoms with E-state index in [1.54, 1.807) is 0 Å². The molecule has 0 amide bonds. The molecule has 2 heterocycles. The predicted molar refractivity (Wildman–Crippen MR) is 149 cm³/mol. The van der Waals surface area contributed by atoms with E-state index in [0.29, 0.717) is 0 Å². The molecular formula is C28H45N4P. The molecule has 5 heteroatoms. The number of para-hydroxylation sites is 1. The van der Waals surface area contributed by atoms with Gasteiger partial charge in [-0.15, -0.1) is 9.24 Å². The monoisotopic (exact) mass is 468 g/mol. The fourth-order valence-electron chi connectivity index (χ4n) is 4.73. The zero-order chi connectivity index (χ0) is 23.6. The van der Waals surface area contributed by atoms with Gasteiger partial charge in [-0.05, 0) is 41.4 Å². The van der Waals surface area contributed by atoms with Gasteiger partial charge in [0.2, 0.25) is 0 Å². The lowest BCUT2D eigenvalue weighted by Gasteiger charge is -2.36. The first-order valence-corrected chi connectivity index (χ1v) is 13.3. The lowest BCUT2D eigenvalue weighted by atomic mass is 10.2. The minimum Gasteiger partial charge on any atom is -0.369 e. The fraction of sp³-hybridized carbons (Fsp3) is 0.571. The summed E-state index contributed by atoms with van der Waals surface area (Å²) in [5.74, 6) is 1.56. The summed E-state index contributed by atoms with van der Waals surface area (Å²) < 4.78 is 0. The van der Waals surface area contributed by atoms with Crippen LogP contribution in [0.4, 0.5) is 11.4 Å². The van der Waals surface area contributed by atoms with E-state index in [4.69, 9.17) is 0 Å². The first kappa shape index (κ1) is 26.0. The second kappa shape index (κ2) is 13.3. The van der Waals surface area contributed by atoms with Crippen molar-refractivity contribution in [3.8, 4) is 0 Å². The minimum atomic E-state index is 0.776. The maximum absolute atomic E-state index is 2.74. The van der Waals surface area contributed by atoms with E-state index in [1.165, 1.54) is 55.9 Å². The van der Waals surface area contributed by atoms with Crippen molar-refractivity contribution in [2.45, 2.75) is 27.7 Å². The van der Waals surface area contributed by atoms with Gasteiger partial charge in [-0.1, -0.05) is 58.0 Å². The van der Waals surface area contributed by atoms with Gasteiger partial charge in [0.25, 0.3) is 0 Å². The average molecular weight is 469 g/mol. The van der Waals surface area contributed by atoms with Gasteiger partial charge in [0, 0.05) is 76.8 Å². The van der Waals surface area contributed by atoms with Crippen LogP contribution in [-0.4, -0.2) is 75.2 Å². The third-order valence-electron chi connectivity index (χ3n) is 6.37. The summed E-state index contributed by atoms with van der Waals surface area (Å²) in [6.45, 7) is 21.1. The normalized spacial score (nSPS) is 17.9. The molecule has 4 nitrogen and oxygen atoms in total. The van der Waals surface area contributed by atoms with Crippen molar-refractivity contribution in [3.05, 3.63) is 54.6 Å². The number of benzene rings is 2. The van der Waals surface area contributed by atoms with Crippen molar-refractivity contribution in [3.63, 3.8) is 0 Å². The van der Waals surface area contributed by atoms with E-state index < -0.39 is 0 Å². The van der Waals surface area contributed by atoms with Gasteiger partial charge < -0.3 is 9.80 Å². The van der Waals surface area contributed by atoms with Gasteiger partial charge in [-0.2, -0.15) is 0 Å². The van der Waals surface area contributed by atoms with Crippen LogP contribution in [0.5, 0.6) is 0 Å². The maximum Gasteiger partial charge on any atom is 0.0367 e. The molecule has 2 aliphatic rings. The Hall–Kier alpha value is -1.61. The molecule has 2 aromatic carbocycles. The van der Waals surface area contributed by atoms with Crippen LogP contribution in [-0.2, 0) is 0 Å².